The van der Waals surface area contributed by atoms with Crippen LogP contribution in [0.1, 0.15) is 5.56 Å². The van der Waals surface area contributed by atoms with Gasteiger partial charge in [0.2, 0.25) is 0 Å². The van der Waals surface area contributed by atoms with Gasteiger partial charge in [-0.2, -0.15) is 17.4 Å². The van der Waals surface area contributed by atoms with Gasteiger partial charge in [0, 0.05) is 24.1 Å². The van der Waals surface area contributed by atoms with Crippen LogP contribution in [-0.4, -0.2) is 25.8 Å². The van der Waals surface area contributed by atoms with Gasteiger partial charge in [0.1, 0.15) is 0 Å². The molecule has 2 rings (SSSR count). The molecule has 82 valence electrons. The average Bonchev–Trinajstić information content (AvgIpc) is 2.98. The lowest BCUT2D eigenvalue weighted by Gasteiger charge is -2.06. The fourth-order valence-electron chi connectivity index (χ4n) is 1.19. The molecule has 0 radical (unpaired) electrons. The van der Waals surface area contributed by atoms with Gasteiger partial charge in [0.15, 0.2) is 0 Å². The molecule has 4 nitrogen and oxygen atoms in total. The molecule has 1 aromatic carbocycles. The van der Waals surface area contributed by atoms with Crippen molar-refractivity contribution in [2.45, 2.75) is 6.54 Å². The predicted molar refractivity (Wildman–Crippen MR) is 61.5 cm³/mol. The van der Waals surface area contributed by atoms with Gasteiger partial charge in [0.25, 0.3) is 10.2 Å². The van der Waals surface area contributed by atoms with E-state index < -0.39 is 10.2 Å². The molecule has 0 bridgehead atoms. The standard InChI is InChI=1S/C9H11BrN2O2S/c10-9-3-1-2-8(6-9)7-11-15(13,14)12-4-5-12/h1-3,6,11H,4-5,7H2. The van der Waals surface area contributed by atoms with Crippen molar-refractivity contribution in [1.82, 2.24) is 9.03 Å². The fraction of sp³-hybridized carbons (Fsp3) is 0.333. The number of hydrogen-bond donors (Lipinski definition) is 1. The first-order valence-corrected chi connectivity index (χ1v) is 6.80. The lowest BCUT2D eigenvalue weighted by Crippen LogP contribution is -2.29. The largest absolute Gasteiger partial charge is 0.279 e. The third-order valence-electron chi connectivity index (χ3n) is 2.09. The lowest BCUT2D eigenvalue weighted by molar-refractivity contribution is 0.546. The van der Waals surface area contributed by atoms with Crippen molar-refractivity contribution < 1.29 is 8.42 Å². The second-order valence-corrected chi connectivity index (χ2v) is 6.03. The van der Waals surface area contributed by atoms with E-state index in [-0.39, 0.29) is 0 Å². The Labute approximate surface area is 97.6 Å². The van der Waals surface area contributed by atoms with Gasteiger partial charge in [0.05, 0.1) is 0 Å². The summed E-state index contributed by atoms with van der Waals surface area (Å²) < 4.78 is 27.8. The Morgan fingerprint density at radius 2 is 2.13 bits per heavy atom. The first-order chi connectivity index (χ1) is 7.08. The van der Waals surface area contributed by atoms with E-state index in [1.54, 1.807) is 0 Å². The van der Waals surface area contributed by atoms with E-state index in [4.69, 9.17) is 0 Å². The molecule has 1 aliphatic heterocycles. The van der Waals surface area contributed by atoms with Crippen molar-refractivity contribution >= 4 is 26.1 Å². The van der Waals surface area contributed by atoms with E-state index >= 15 is 0 Å². The molecule has 1 aromatic rings. The first kappa shape index (κ1) is 11.1. The van der Waals surface area contributed by atoms with Crippen LogP contribution in [0.25, 0.3) is 0 Å². The third kappa shape index (κ3) is 3.01. The smallest absolute Gasteiger partial charge is 0.198 e. The van der Waals surface area contributed by atoms with Crippen LogP contribution < -0.4 is 4.72 Å². The molecule has 1 saturated heterocycles. The van der Waals surface area contributed by atoms with Gasteiger partial charge in [-0.3, -0.25) is 0 Å². The summed E-state index contributed by atoms with van der Waals surface area (Å²) >= 11 is 3.34. The minimum Gasteiger partial charge on any atom is -0.198 e. The molecule has 0 unspecified atom stereocenters. The first-order valence-electron chi connectivity index (χ1n) is 4.57. The molecule has 0 aliphatic carbocycles. The van der Waals surface area contributed by atoms with Gasteiger partial charge in [-0.15, -0.1) is 0 Å². The van der Waals surface area contributed by atoms with Crippen molar-refractivity contribution in [1.29, 1.82) is 0 Å². The summed E-state index contributed by atoms with van der Waals surface area (Å²) in [6.07, 6.45) is 0. The highest BCUT2D eigenvalue weighted by Crippen LogP contribution is 2.13. The molecule has 0 aromatic heterocycles. The maximum Gasteiger partial charge on any atom is 0.279 e. The zero-order valence-electron chi connectivity index (χ0n) is 7.98. The van der Waals surface area contributed by atoms with Gasteiger partial charge in [-0.25, -0.2) is 0 Å². The topological polar surface area (TPSA) is 49.2 Å². The van der Waals surface area contributed by atoms with Gasteiger partial charge in [-0.05, 0) is 17.7 Å². The quantitative estimate of drug-likeness (QED) is 0.845. The van der Waals surface area contributed by atoms with Gasteiger partial charge in [-0.1, -0.05) is 28.1 Å². The number of benzene rings is 1. The molecule has 1 aliphatic rings. The zero-order valence-corrected chi connectivity index (χ0v) is 10.4. The number of hydrogen-bond acceptors (Lipinski definition) is 2. The Balaban J connectivity index is 1.98. The molecule has 1 N–H and O–H groups in total. The highest BCUT2D eigenvalue weighted by Gasteiger charge is 2.31. The third-order valence-corrected chi connectivity index (χ3v) is 4.14. The maximum atomic E-state index is 11.5. The maximum absolute atomic E-state index is 11.5. The SMILES string of the molecule is O=S(=O)(NCc1cccc(Br)c1)N1CC1. The normalized spacial score (nSPS) is 16.6. The van der Waals surface area contributed by atoms with Crippen LogP contribution in [0.4, 0.5) is 0 Å². The minimum atomic E-state index is -3.23. The number of nitrogens with zero attached hydrogens (tertiary/aromatic N) is 1. The van der Waals surface area contributed by atoms with Crippen molar-refractivity contribution in [3.05, 3.63) is 34.3 Å². The van der Waals surface area contributed by atoms with Crippen LogP contribution in [0.15, 0.2) is 28.7 Å². The van der Waals surface area contributed by atoms with Crippen LogP contribution >= 0.6 is 15.9 Å². The summed E-state index contributed by atoms with van der Waals surface area (Å²) in [6.45, 7) is 1.60. The molecule has 6 heteroatoms. The van der Waals surface area contributed by atoms with Crippen LogP contribution in [0, 0.1) is 0 Å². The summed E-state index contributed by atoms with van der Waals surface area (Å²) in [5, 5.41) is 0. The Bertz CT molecular complexity index is 457. The highest BCUT2D eigenvalue weighted by molar-refractivity contribution is 9.10. The summed E-state index contributed by atoms with van der Waals surface area (Å²) in [6, 6.07) is 7.56. The zero-order chi connectivity index (χ0) is 10.9. The second-order valence-electron chi connectivity index (χ2n) is 3.36. The number of halogens is 1. The molecule has 0 atom stereocenters. The lowest BCUT2D eigenvalue weighted by atomic mass is 10.2. The monoisotopic (exact) mass is 290 g/mol. The highest BCUT2D eigenvalue weighted by atomic mass is 79.9. The Morgan fingerprint density at radius 3 is 2.73 bits per heavy atom. The Kier molecular flexibility index (Phi) is 3.11. The van der Waals surface area contributed by atoms with Crippen molar-refractivity contribution in [2.24, 2.45) is 0 Å². The summed E-state index contributed by atoms with van der Waals surface area (Å²) in [4.78, 5) is 0. The van der Waals surface area contributed by atoms with Crippen LogP contribution in [0.3, 0.4) is 0 Å². The van der Waals surface area contributed by atoms with Gasteiger partial charge < -0.3 is 0 Å². The van der Waals surface area contributed by atoms with E-state index in [1.807, 2.05) is 24.3 Å². The van der Waals surface area contributed by atoms with Crippen LogP contribution in [-0.2, 0) is 16.8 Å². The minimum absolute atomic E-state index is 0.332. The molecule has 15 heavy (non-hydrogen) atoms. The molecule has 1 heterocycles. The van der Waals surface area contributed by atoms with E-state index in [0.29, 0.717) is 19.6 Å². The second kappa shape index (κ2) is 4.21. The van der Waals surface area contributed by atoms with Crippen molar-refractivity contribution in [2.75, 3.05) is 13.1 Å². The molecule has 0 spiro atoms. The van der Waals surface area contributed by atoms with E-state index in [9.17, 15) is 8.42 Å². The van der Waals surface area contributed by atoms with Crippen molar-refractivity contribution in [3.8, 4) is 0 Å². The number of nitrogens with one attached hydrogen (secondary N) is 1. The van der Waals surface area contributed by atoms with E-state index in [1.165, 1.54) is 4.31 Å². The fourth-order valence-corrected chi connectivity index (χ4v) is 2.73. The van der Waals surface area contributed by atoms with Crippen LogP contribution in [0.2, 0.25) is 0 Å². The van der Waals surface area contributed by atoms with Crippen LogP contribution in [0.5, 0.6) is 0 Å². The summed E-state index contributed by atoms with van der Waals surface area (Å²) in [7, 11) is -3.23. The Morgan fingerprint density at radius 1 is 1.40 bits per heavy atom. The molecular formula is C9H11BrN2O2S. The number of rotatable bonds is 4. The van der Waals surface area contributed by atoms with Crippen molar-refractivity contribution in [3.63, 3.8) is 0 Å². The van der Waals surface area contributed by atoms with E-state index in [0.717, 1.165) is 10.0 Å². The average molecular weight is 291 g/mol. The summed E-state index contributed by atoms with van der Waals surface area (Å²) in [5.41, 5.74) is 0.940. The Hall–Kier alpha value is -0.430. The molecule has 0 amide bonds. The molecule has 1 fully saturated rings. The van der Waals surface area contributed by atoms with E-state index in [2.05, 4.69) is 20.7 Å². The van der Waals surface area contributed by atoms with Gasteiger partial charge >= 0.3 is 0 Å². The summed E-state index contributed by atoms with van der Waals surface area (Å²) in [5.74, 6) is 0. The predicted octanol–water partition coefficient (Wildman–Crippen LogP) is 1.10. The molecular weight excluding hydrogens is 280 g/mol. The molecule has 0 saturated carbocycles.